The van der Waals surface area contributed by atoms with Crippen LogP contribution in [-0.4, -0.2) is 12.5 Å². The van der Waals surface area contributed by atoms with Crippen LogP contribution in [0.25, 0.3) is 0 Å². The highest BCUT2D eigenvalue weighted by molar-refractivity contribution is 5.85. The van der Waals surface area contributed by atoms with Crippen LogP contribution in [0.2, 0.25) is 0 Å². The zero-order chi connectivity index (χ0) is 15.6. The summed E-state index contributed by atoms with van der Waals surface area (Å²) in [6.07, 6.45) is 4.20. The van der Waals surface area contributed by atoms with Crippen LogP contribution in [-0.2, 0) is 11.2 Å². The van der Waals surface area contributed by atoms with E-state index in [1.165, 1.54) is 5.56 Å². The van der Waals surface area contributed by atoms with Crippen LogP contribution < -0.4 is 11.1 Å². The minimum Gasteiger partial charge on any atom is -0.348 e. The van der Waals surface area contributed by atoms with Crippen molar-refractivity contribution >= 4 is 18.3 Å². The summed E-state index contributed by atoms with van der Waals surface area (Å²) in [5.41, 5.74) is 7.93. The Balaban J connectivity index is 0.00000264. The van der Waals surface area contributed by atoms with Gasteiger partial charge in [-0.15, -0.1) is 12.4 Å². The molecule has 2 aromatic rings. The van der Waals surface area contributed by atoms with Crippen molar-refractivity contribution < 1.29 is 4.79 Å². The van der Waals surface area contributed by atoms with E-state index >= 15 is 0 Å². The average Bonchev–Trinajstić information content (AvgIpc) is 2.59. The molecule has 23 heavy (non-hydrogen) atoms. The van der Waals surface area contributed by atoms with Gasteiger partial charge in [-0.05, 0) is 30.4 Å². The summed E-state index contributed by atoms with van der Waals surface area (Å²) in [5.74, 6) is -0.100. The molecule has 2 rings (SSSR count). The van der Waals surface area contributed by atoms with E-state index in [0.29, 0.717) is 0 Å². The number of hydrogen-bond donors (Lipinski definition) is 2. The van der Waals surface area contributed by atoms with Crippen molar-refractivity contribution in [1.29, 1.82) is 0 Å². The molecule has 0 bridgehead atoms. The van der Waals surface area contributed by atoms with Crippen LogP contribution in [0.4, 0.5) is 0 Å². The van der Waals surface area contributed by atoms with Gasteiger partial charge in [0.1, 0.15) is 0 Å². The first-order chi connectivity index (χ1) is 10.8. The normalized spacial score (nSPS) is 11.3. The summed E-state index contributed by atoms with van der Waals surface area (Å²) >= 11 is 0. The molecular weight excluding hydrogens is 308 g/mol. The van der Waals surface area contributed by atoms with Crippen LogP contribution in [0.1, 0.15) is 36.4 Å². The van der Waals surface area contributed by atoms with Gasteiger partial charge in [0, 0.05) is 0 Å². The van der Waals surface area contributed by atoms with Gasteiger partial charge < -0.3 is 11.1 Å². The fourth-order valence-corrected chi connectivity index (χ4v) is 2.58. The van der Waals surface area contributed by atoms with Crippen molar-refractivity contribution in [2.24, 2.45) is 5.73 Å². The molecule has 1 atom stereocenters. The number of amides is 1. The summed E-state index contributed by atoms with van der Waals surface area (Å²) in [6, 6.07) is 20.6. The molecule has 0 aliphatic heterocycles. The van der Waals surface area contributed by atoms with E-state index in [-0.39, 0.29) is 30.9 Å². The highest BCUT2D eigenvalue weighted by Gasteiger charge is 2.13. The van der Waals surface area contributed by atoms with Crippen LogP contribution in [0, 0.1) is 0 Å². The Morgan fingerprint density at radius 3 is 2.17 bits per heavy atom. The maximum atomic E-state index is 11.6. The maximum absolute atomic E-state index is 11.6. The monoisotopic (exact) mass is 332 g/mol. The number of unbranched alkanes of at least 4 members (excludes halogenated alkanes) is 1. The number of nitrogens with one attached hydrogen (secondary N) is 1. The summed E-state index contributed by atoms with van der Waals surface area (Å²) in [6.45, 7) is 0.0351. The number of carbonyl (C=O) groups excluding carboxylic acids is 1. The SMILES string of the molecule is Cl.NCC(=O)NC(CCCCc1ccccc1)c1ccccc1. The van der Waals surface area contributed by atoms with Crippen molar-refractivity contribution in [2.75, 3.05) is 6.54 Å². The van der Waals surface area contributed by atoms with Gasteiger partial charge in [-0.25, -0.2) is 0 Å². The lowest BCUT2D eigenvalue weighted by Crippen LogP contribution is -2.33. The van der Waals surface area contributed by atoms with Gasteiger partial charge in [0.05, 0.1) is 12.6 Å². The predicted octanol–water partition coefficient (Wildman–Crippen LogP) is 3.64. The van der Waals surface area contributed by atoms with Gasteiger partial charge in [-0.1, -0.05) is 67.1 Å². The molecular formula is C19H25ClN2O. The second-order valence-electron chi connectivity index (χ2n) is 5.47. The van der Waals surface area contributed by atoms with E-state index in [1.807, 2.05) is 24.3 Å². The zero-order valence-corrected chi connectivity index (χ0v) is 14.1. The molecule has 124 valence electrons. The van der Waals surface area contributed by atoms with Gasteiger partial charge in [0.2, 0.25) is 5.91 Å². The Bertz CT molecular complexity index is 560. The predicted molar refractivity (Wildman–Crippen MR) is 97.6 cm³/mol. The van der Waals surface area contributed by atoms with Gasteiger partial charge in [-0.3, -0.25) is 4.79 Å². The molecule has 1 unspecified atom stereocenters. The number of halogens is 1. The standard InChI is InChI=1S/C19H24N2O.ClH/c20-15-19(22)21-18(17-12-5-2-6-13-17)14-8-7-11-16-9-3-1-4-10-16;/h1-6,9-10,12-13,18H,7-8,11,14-15,20H2,(H,21,22);1H. The Hall–Kier alpha value is -1.84. The van der Waals surface area contributed by atoms with Crippen molar-refractivity contribution in [3.8, 4) is 0 Å². The van der Waals surface area contributed by atoms with Crippen molar-refractivity contribution in [3.05, 3.63) is 71.8 Å². The first-order valence-corrected chi connectivity index (χ1v) is 7.88. The largest absolute Gasteiger partial charge is 0.348 e. The van der Waals surface area contributed by atoms with Crippen LogP contribution in [0.5, 0.6) is 0 Å². The molecule has 3 N–H and O–H groups in total. The van der Waals surface area contributed by atoms with Crippen LogP contribution in [0.3, 0.4) is 0 Å². The molecule has 0 saturated carbocycles. The summed E-state index contributed by atoms with van der Waals surface area (Å²) in [7, 11) is 0. The second kappa shape index (κ2) is 10.8. The molecule has 0 aromatic heterocycles. The maximum Gasteiger partial charge on any atom is 0.234 e. The third-order valence-electron chi connectivity index (χ3n) is 3.77. The molecule has 0 fully saturated rings. The highest BCUT2D eigenvalue weighted by Crippen LogP contribution is 2.20. The van der Waals surface area contributed by atoms with Crippen molar-refractivity contribution in [3.63, 3.8) is 0 Å². The molecule has 2 aromatic carbocycles. The van der Waals surface area contributed by atoms with Crippen LogP contribution in [0.15, 0.2) is 60.7 Å². The third-order valence-corrected chi connectivity index (χ3v) is 3.77. The van der Waals surface area contributed by atoms with Gasteiger partial charge in [-0.2, -0.15) is 0 Å². The molecule has 1 amide bonds. The summed E-state index contributed by atoms with van der Waals surface area (Å²) < 4.78 is 0. The number of benzene rings is 2. The number of carbonyl (C=O) groups is 1. The summed E-state index contributed by atoms with van der Waals surface area (Å²) in [5, 5.41) is 3.02. The molecule has 0 radical (unpaired) electrons. The zero-order valence-electron chi connectivity index (χ0n) is 13.3. The van der Waals surface area contributed by atoms with E-state index in [4.69, 9.17) is 5.73 Å². The van der Waals surface area contributed by atoms with Gasteiger partial charge in [0.25, 0.3) is 0 Å². The lowest BCUT2D eigenvalue weighted by Gasteiger charge is -2.19. The van der Waals surface area contributed by atoms with E-state index in [9.17, 15) is 4.79 Å². The Kier molecular flexibility index (Phi) is 9.03. The first kappa shape index (κ1) is 19.2. The number of nitrogens with two attached hydrogens (primary N) is 1. The molecule has 0 aliphatic rings. The fourth-order valence-electron chi connectivity index (χ4n) is 2.58. The minimum absolute atomic E-state index is 0. The lowest BCUT2D eigenvalue weighted by molar-refractivity contribution is -0.120. The molecule has 0 spiro atoms. The Labute approximate surface area is 144 Å². The van der Waals surface area contributed by atoms with Crippen molar-refractivity contribution in [1.82, 2.24) is 5.32 Å². The third kappa shape index (κ3) is 6.85. The average molecular weight is 333 g/mol. The van der Waals surface area contributed by atoms with Gasteiger partial charge in [0.15, 0.2) is 0 Å². The number of aryl methyl sites for hydroxylation is 1. The van der Waals surface area contributed by atoms with Crippen LogP contribution >= 0.6 is 12.4 Å². The second-order valence-corrected chi connectivity index (χ2v) is 5.47. The smallest absolute Gasteiger partial charge is 0.234 e. The van der Waals surface area contributed by atoms with E-state index in [2.05, 4.69) is 41.7 Å². The molecule has 0 saturated heterocycles. The van der Waals surface area contributed by atoms with E-state index in [1.54, 1.807) is 0 Å². The van der Waals surface area contributed by atoms with Gasteiger partial charge >= 0.3 is 0 Å². The first-order valence-electron chi connectivity index (χ1n) is 7.88. The van der Waals surface area contributed by atoms with E-state index in [0.717, 1.165) is 31.2 Å². The van der Waals surface area contributed by atoms with Crippen molar-refractivity contribution in [2.45, 2.75) is 31.7 Å². The summed E-state index contributed by atoms with van der Waals surface area (Å²) in [4.78, 5) is 11.6. The van der Waals surface area contributed by atoms with E-state index < -0.39 is 0 Å². The lowest BCUT2D eigenvalue weighted by atomic mass is 9.99. The highest BCUT2D eigenvalue weighted by atomic mass is 35.5. The molecule has 4 heteroatoms. The number of rotatable bonds is 8. The molecule has 0 aliphatic carbocycles. The Morgan fingerprint density at radius 2 is 1.57 bits per heavy atom. The fraction of sp³-hybridized carbons (Fsp3) is 0.316. The Morgan fingerprint density at radius 1 is 0.957 bits per heavy atom. The number of hydrogen-bond acceptors (Lipinski definition) is 2. The topological polar surface area (TPSA) is 55.1 Å². The minimum atomic E-state index is -0.100. The quantitative estimate of drug-likeness (QED) is 0.725. The molecule has 0 heterocycles. The molecule has 3 nitrogen and oxygen atoms in total.